The molecule has 2 heteroatoms. The van der Waals surface area contributed by atoms with E-state index in [2.05, 4.69) is 114 Å². The van der Waals surface area contributed by atoms with Crippen LogP contribution in [0.4, 0.5) is 0 Å². The van der Waals surface area contributed by atoms with Crippen molar-refractivity contribution in [3.05, 3.63) is 88.6 Å². The molecule has 0 atom stereocenters. The third-order valence-electron chi connectivity index (χ3n) is 8.84. The predicted octanol–water partition coefficient (Wildman–Crippen LogP) is 8.90. The number of rotatable bonds is 4. The molecule has 182 valence electrons. The third-order valence-corrected chi connectivity index (χ3v) is 8.84. The largest absolute Gasteiger partial charge is 0.455 e. The molecule has 3 aromatic carbocycles. The Labute approximate surface area is 214 Å². The van der Waals surface area contributed by atoms with Crippen molar-refractivity contribution >= 4 is 21.9 Å². The molecule has 0 N–H and O–H groups in total. The summed E-state index contributed by atoms with van der Waals surface area (Å²) in [7, 11) is 2.15. The van der Waals surface area contributed by atoms with E-state index in [0.29, 0.717) is 5.92 Å². The lowest BCUT2D eigenvalue weighted by Crippen LogP contribution is -2.32. The van der Waals surface area contributed by atoms with Gasteiger partial charge in [0.1, 0.15) is 18.2 Å². The number of pyridine rings is 1. The molecular weight excluding hydrogens is 438 g/mol. The maximum Gasteiger partial charge on any atom is 0.216 e. The van der Waals surface area contributed by atoms with Crippen molar-refractivity contribution in [3.8, 4) is 22.4 Å². The highest BCUT2D eigenvalue weighted by atomic mass is 16.3. The minimum Gasteiger partial charge on any atom is -0.455 e. The van der Waals surface area contributed by atoms with Crippen LogP contribution >= 0.6 is 0 Å². The molecule has 2 heterocycles. The van der Waals surface area contributed by atoms with Crippen LogP contribution in [0, 0.1) is 13.8 Å². The highest BCUT2D eigenvalue weighted by Gasteiger charge is 2.41. The smallest absolute Gasteiger partial charge is 0.216 e. The zero-order chi connectivity index (χ0) is 25.4. The Kier molecular flexibility index (Phi) is 5.16. The van der Waals surface area contributed by atoms with Gasteiger partial charge in [0, 0.05) is 27.8 Å². The average molecular weight is 475 g/mol. The number of benzene rings is 3. The molecule has 0 amide bonds. The fraction of sp³-hybridized carbons (Fsp3) is 0.324. The van der Waals surface area contributed by atoms with E-state index in [0.717, 1.165) is 24.0 Å². The van der Waals surface area contributed by atoms with Crippen molar-refractivity contribution < 1.29 is 8.98 Å². The van der Waals surface area contributed by atoms with Crippen LogP contribution in [0.1, 0.15) is 74.3 Å². The van der Waals surface area contributed by atoms with Crippen molar-refractivity contribution in [1.82, 2.24) is 0 Å². The van der Waals surface area contributed by atoms with Crippen molar-refractivity contribution in [1.29, 1.82) is 0 Å². The average Bonchev–Trinajstić information content (AvgIpc) is 3.36. The summed E-state index contributed by atoms with van der Waals surface area (Å²) >= 11 is 0. The fourth-order valence-electron chi connectivity index (χ4n) is 6.88. The predicted molar refractivity (Wildman–Crippen MR) is 151 cm³/mol. The minimum absolute atomic E-state index is 0.0490. The quantitative estimate of drug-likeness (QED) is 0.238. The van der Waals surface area contributed by atoms with E-state index in [1.54, 1.807) is 0 Å². The first-order chi connectivity index (χ1) is 17.3. The number of aryl methyl sites for hydroxylation is 3. The standard InChI is InChI=1S/C34H36NO/c1-8-34(9-2)28-13-11-10-12-23(28)26-16-27-24-15-14-21(5)32(33(24)36-31(27)18-29(26)34)30-17-25(20(3)4)22(6)19-35(30)7/h10-20H,8-9H2,1-7H3/q+1. The van der Waals surface area contributed by atoms with Crippen LogP contribution in [0.2, 0.25) is 0 Å². The SMILES string of the molecule is CCC1(CC)c2ccccc2-c2cc3c(cc21)oc1c(-c2cc(C(C)C)c(C)c[n+]2C)c(C)ccc13. The molecule has 2 aromatic heterocycles. The Balaban J connectivity index is 1.68. The van der Waals surface area contributed by atoms with E-state index < -0.39 is 0 Å². The molecule has 1 aliphatic carbocycles. The highest BCUT2D eigenvalue weighted by molar-refractivity contribution is 6.11. The number of aromatic nitrogens is 1. The van der Waals surface area contributed by atoms with Gasteiger partial charge in [-0.3, -0.25) is 0 Å². The van der Waals surface area contributed by atoms with Gasteiger partial charge in [0.15, 0.2) is 6.20 Å². The topological polar surface area (TPSA) is 17.0 Å². The number of hydrogen-bond acceptors (Lipinski definition) is 1. The van der Waals surface area contributed by atoms with Crippen molar-refractivity contribution in [2.24, 2.45) is 7.05 Å². The molecule has 0 spiro atoms. The normalized spacial score (nSPS) is 14.1. The first kappa shape index (κ1) is 23.0. The zero-order valence-corrected chi connectivity index (χ0v) is 22.6. The number of nitrogens with zero attached hydrogens (tertiary/aromatic N) is 1. The molecule has 36 heavy (non-hydrogen) atoms. The van der Waals surface area contributed by atoms with Crippen LogP contribution in [-0.4, -0.2) is 0 Å². The summed E-state index contributed by atoms with van der Waals surface area (Å²) in [6.45, 7) is 13.6. The number of fused-ring (bicyclic) bond motifs is 6. The summed E-state index contributed by atoms with van der Waals surface area (Å²) in [6.07, 6.45) is 4.43. The molecule has 1 aliphatic rings. The van der Waals surface area contributed by atoms with E-state index in [1.165, 1.54) is 61.0 Å². The maximum atomic E-state index is 6.80. The molecule has 2 nitrogen and oxygen atoms in total. The van der Waals surface area contributed by atoms with Gasteiger partial charge in [-0.25, -0.2) is 4.57 Å². The molecule has 5 aromatic rings. The van der Waals surface area contributed by atoms with Gasteiger partial charge < -0.3 is 4.42 Å². The van der Waals surface area contributed by atoms with Gasteiger partial charge in [0.05, 0.1) is 5.56 Å². The summed E-state index contributed by atoms with van der Waals surface area (Å²) in [6, 6.07) is 20.6. The van der Waals surface area contributed by atoms with E-state index >= 15 is 0 Å². The van der Waals surface area contributed by atoms with Crippen LogP contribution in [0.3, 0.4) is 0 Å². The third kappa shape index (κ3) is 3.00. The van der Waals surface area contributed by atoms with Gasteiger partial charge in [-0.05, 0) is 78.1 Å². The van der Waals surface area contributed by atoms with Crippen LogP contribution < -0.4 is 4.57 Å². The Hall–Kier alpha value is -3.39. The van der Waals surface area contributed by atoms with Crippen LogP contribution in [0.5, 0.6) is 0 Å². The van der Waals surface area contributed by atoms with Gasteiger partial charge in [0.25, 0.3) is 0 Å². The second-order valence-corrected chi connectivity index (χ2v) is 11.0. The molecule has 0 unspecified atom stereocenters. The van der Waals surface area contributed by atoms with Crippen molar-refractivity contribution in [3.63, 3.8) is 0 Å². The number of furan rings is 1. The van der Waals surface area contributed by atoms with Crippen LogP contribution in [0.25, 0.3) is 44.3 Å². The second kappa shape index (κ2) is 8.06. The summed E-state index contributed by atoms with van der Waals surface area (Å²) in [5, 5.41) is 2.41. The van der Waals surface area contributed by atoms with Crippen molar-refractivity contribution in [2.75, 3.05) is 0 Å². The fourth-order valence-corrected chi connectivity index (χ4v) is 6.88. The molecule has 0 saturated heterocycles. The van der Waals surface area contributed by atoms with Gasteiger partial charge in [-0.2, -0.15) is 0 Å². The summed E-state index contributed by atoms with van der Waals surface area (Å²) in [5.41, 5.74) is 14.0. The van der Waals surface area contributed by atoms with E-state index in [-0.39, 0.29) is 5.41 Å². The second-order valence-electron chi connectivity index (χ2n) is 11.0. The molecule has 0 fully saturated rings. The molecule has 0 aliphatic heterocycles. The monoisotopic (exact) mass is 474 g/mol. The van der Waals surface area contributed by atoms with Crippen LogP contribution in [-0.2, 0) is 12.5 Å². The van der Waals surface area contributed by atoms with E-state index in [1.807, 2.05) is 0 Å². The van der Waals surface area contributed by atoms with Gasteiger partial charge in [0.2, 0.25) is 5.69 Å². The van der Waals surface area contributed by atoms with Gasteiger partial charge >= 0.3 is 0 Å². The molecule has 0 radical (unpaired) electrons. The lowest BCUT2D eigenvalue weighted by Gasteiger charge is -2.29. The van der Waals surface area contributed by atoms with Crippen LogP contribution in [0.15, 0.2) is 65.2 Å². The van der Waals surface area contributed by atoms with E-state index in [4.69, 9.17) is 4.42 Å². The molecular formula is C34H36NO+. The van der Waals surface area contributed by atoms with Crippen molar-refractivity contribution in [2.45, 2.75) is 65.7 Å². The minimum atomic E-state index is 0.0490. The van der Waals surface area contributed by atoms with Gasteiger partial charge in [-0.15, -0.1) is 0 Å². The van der Waals surface area contributed by atoms with Gasteiger partial charge in [-0.1, -0.05) is 64.1 Å². The number of hydrogen-bond donors (Lipinski definition) is 0. The summed E-state index contributed by atoms with van der Waals surface area (Å²) in [5.74, 6) is 0.472. The first-order valence-corrected chi connectivity index (χ1v) is 13.4. The maximum absolute atomic E-state index is 6.80. The summed E-state index contributed by atoms with van der Waals surface area (Å²) < 4.78 is 9.05. The lowest BCUT2D eigenvalue weighted by atomic mass is 9.74. The summed E-state index contributed by atoms with van der Waals surface area (Å²) in [4.78, 5) is 0. The Bertz CT molecular complexity index is 1660. The lowest BCUT2D eigenvalue weighted by molar-refractivity contribution is -0.660. The molecule has 0 saturated carbocycles. The highest BCUT2D eigenvalue weighted by Crippen LogP contribution is 2.54. The first-order valence-electron chi connectivity index (χ1n) is 13.4. The zero-order valence-electron chi connectivity index (χ0n) is 22.6. The molecule has 6 rings (SSSR count). The molecule has 0 bridgehead atoms. The van der Waals surface area contributed by atoms with E-state index in [9.17, 15) is 0 Å². The Morgan fingerprint density at radius 3 is 2.31 bits per heavy atom. The Morgan fingerprint density at radius 1 is 0.833 bits per heavy atom. The Morgan fingerprint density at radius 2 is 1.58 bits per heavy atom.